The van der Waals surface area contributed by atoms with Gasteiger partial charge in [0.15, 0.2) is 8.29 Å². The minimum atomic E-state index is -0.0427. The van der Waals surface area contributed by atoms with Crippen molar-refractivity contribution in [3.8, 4) is 0 Å². The van der Waals surface area contributed by atoms with E-state index in [1.807, 2.05) is 12.1 Å². The second-order valence-electron chi connectivity index (χ2n) is 5.07. The Labute approximate surface area is 135 Å². The van der Waals surface area contributed by atoms with Gasteiger partial charge in [-0.25, -0.2) is 0 Å². The lowest BCUT2D eigenvalue weighted by Gasteiger charge is -2.01. The molecule has 1 fully saturated rings. The van der Waals surface area contributed by atoms with Gasteiger partial charge in [-0.15, -0.1) is 0 Å². The molecule has 1 aliphatic carbocycles. The Morgan fingerprint density at radius 2 is 2.48 bits per heavy atom. The molecule has 21 heavy (non-hydrogen) atoms. The molecule has 0 aliphatic heterocycles. The van der Waals surface area contributed by atoms with E-state index in [2.05, 4.69) is 22.4 Å². The number of H-pyrrole nitrogens is 1. The first-order valence-electron chi connectivity index (χ1n) is 6.65. The number of aromatic amines is 1. The predicted molar refractivity (Wildman–Crippen MR) is 85.1 cm³/mol. The van der Waals surface area contributed by atoms with Gasteiger partial charge in [-0.05, 0) is 36.7 Å². The Hall–Kier alpha value is -1.12. The number of aromatic nitrogens is 2. The van der Waals surface area contributed by atoms with Crippen LogP contribution in [0.25, 0.3) is 0 Å². The molecule has 0 bridgehead atoms. The van der Waals surface area contributed by atoms with Crippen LogP contribution < -0.4 is 5.32 Å². The van der Waals surface area contributed by atoms with Crippen LogP contribution in [0.4, 0.5) is 0 Å². The zero-order valence-corrected chi connectivity index (χ0v) is 13.9. The van der Waals surface area contributed by atoms with Crippen molar-refractivity contribution in [3.05, 3.63) is 27.6 Å². The van der Waals surface area contributed by atoms with Crippen molar-refractivity contribution < 1.29 is 9.21 Å². The molecule has 112 valence electrons. The Balaban J connectivity index is 1.43. The molecule has 2 atom stereocenters. The smallest absolute Gasteiger partial charge is 0.230 e. The molecule has 3 rings (SSSR count). The number of nitrogens with zero attached hydrogens (tertiary/aromatic N) is 1. The Kier molecular flexibility index (Phi) is 4.46. The lowest BCUT2D eigenvalue weighted by Crippen LogP contribution is -2.24. The summed E-state index contributed by atoms with van der Waals surface area (Å²) in [6.07, 6.45) is 1.20. The molecule has 8 heteroatoms. The van der Waals surface area contributed by atoms with Crippen molar-refractivity contribution in [1.82, 2.24) is 15.5 Å². The van der Waals surface area contributed by atoms with Gasteiger partial charge in [-0.2, -0.15) is 5.10 Å². The number of hydrogen-bond acceptors (Lipinski definition) is 6. The summed E-state index contributed by atoms with van der Waals surface area (Å²) < 4.78 is 7.14. The number of rotatable bonds is 6. The van der Waals surface area contributed by atoms with Gasteiger partial charge < -0.3 is 9.73 Å². The SMILES string of the molecule is C[C@@H]1C[C@@H]1c1ccc(CNC(=O)CSc2n[nH]c(=S)s2)o1. The molecule has 0 radical (unpaired) electrons. The van der Waals surface area contributed by atoms with Crippen LogP contribution in [0.5, 0.6) is 0 Å². The third-order valence-corrected chi connectivity index (χ3v) is 5.59. The standard InChI is InChI=1S/C13H15N3O2S3/c1-7-4-9(7)10-3-2-8(18-10)5-14-11(17)6-20-13-16-15-12(19)21-13/h2-3,7,9H,4-6H2,1H3,(H,14,17)(H,15,19)/t7-,9+/m1/s1. The number of amides is 1. The number of furan rings is 1. The second-order valence-corrected chi connectivity index (χ2v) is 7.96. The van der Waals surface area contributed by atoms with E-state index in [1.165, 1.54) is 29.5 Å². The highest BCUT2D eigenvalue weighted by Gasteiger charge is 2.36. The summed E-state index contributed by atoms with van der Waals surface area (Å²) in [5, 5.41) is 9.53. The quantitative estimate of drug-likeness (QED) is 0.623. The van der Waals surface area contributed by atoms with Crippen molar-refractivity contribution in [3.63, 3.8) is 0 Å². The van der Waals surface area contributed by atoms with Crippen molar-refractivity contribution in [2.24, 2.45) is 5.92 Å². The highest BCUT2D eigenvalue weighted by atomic mass is 32.2. The molecule has 2 N–H and O–H groups in total. The van der Waals surface area contributed by atoms with Crippen LogP contribution in [0.2, 0.25) is 0 Å². The summed E-state index contributed by atoms with van der Waals surface area (Å²) in [5.74, 6) is 3.41. The second kappa shape index (κ2) is 6.33. The molecule has 0 unspecified atom stereocenters. The summed E-state index contributed by atoms with van der Waals surface area (Å²) in [6.45, 7) is 2.65. The van der Waals surface area contributed by atoms with Gasteiger partial charge in [0.2, 0.25) is 5.91 Å². The molecule has 2 heterocycles. The van der Waals surface area contributed by atoms with Gasteiger partial charge in [0.05, 0.1) is 12.3 Å². The van der Waals surface area contributed by atoms with Crippen LogP contribution in [-0.4, -0.2) is 21.9 Å². The number of thioether (sulfide) groups is 1. The minimum absolute atomic E-state index is 0.0427. The van der Waals surface area contributed by atoms with E-state index in [9.17, 15) is 4.79 Å². The fourth-order valence-corrected chi connectivity index (χ4v) is 3.96. The minimum Gasteiger partial charge on any atom is -0.464 e. The molecule has 0 spiro atoms. The van der Waals surface area contributed by atoms with Crippen LogP contribution in [0, 0.1) is 9.87 Å². The Morgan fingerprint density at radius 1 is 1.67 bits per heavy atom. The number of nitrogens with one attached hydrogen (secondary N) is 2. The van der Waals surface area contributed by atoms with Crippen molar-refractivity contribution in [2.45, 2.75) is 30.1 Å². The summed E-state index contributed by atoms with van der Waals surface area (Å²) in [7, 11) is 0. The first-order chi connectivity index (χ1) is 10.1. The molecule has 1 saturated carbocycles. The fourth-order valence-electron chi connectivity index (χ4n) is 2.05. The largest absolute Gasteiger partial charge is 0.464 e. The molecule has 2 aromatic rings. The lowest BCUT2D eigenvalue weighted by molar-refractivity contribution is -0.118. The topological polar surface area (TPSA) is 70.9 Å². The van der Waals surface area contributed by atoms with E-state index >= 15 is 0 Å². The van der Waals surface area contributed by atoms with Crippen LogP contribution in [0.3, 0.4) is 0 Å². The van der Waals surface area contributed by atoms with E-state index in [4.69, 9.17) is 16.6 Å². The Morgan fingerprint density at radius 3 is 3.14 bits per heavy atom. The van der Waals surface area contributed by atoms with E-state index in [0.717, 1.165) is 21.8 Å². The molecule has 1 aliphatic rings. The fraction of sp³-hybridized carbons (Fsp3) is 0.462. The third kappa shape index (κ3) is 3.96. The Bertz CT molecular complexity index is 691. The molecule has 0 aromatic carbocycles. The van der Waals surface area contributed by atoms with Gasteiger partial charge in [0, 0.05) is 5.92 Å². The summed E-state index contributed by atoms with van der Waals surface area (Å²) in [6, 6.07) is 3.95. The van der Waals surface area contributed by atoms with Crippen LogP contribution in [0.15, 0.2) is 20.9 Å². The van der Waals surface area contributed by atoms with Gasteiger partial charge in [-0.1, -0.05) is 30.0 Å². The van der Waals surface area contributed by atoms with Gasteiger partial charge in [0.1, 0.15) is 11.5 Å². The zero-order valence-electron chi connectivity index (χ0n) is 11.4. The van der Waals surface area contributed by atoms with E-state index < -0.39 is 0 Å². The van der Waals surface area contributed by atoms with Gasteiger partial charge in [-0.3, -0.25) is 9.89 Å². The molecular weight excluding hydrogens is 326 g/mol. The van der Waals surface area contributed by atoms with E-state index in [0.29, 0.717) is 22.2 Å². The summed E-state index contributed by atoms with van der Waals surface area (Å²) in [5.41, 5.74) is 0. The van der Waals surface area contributed by atoms with Gasteiger partial charge >= 0.3 is 0 Å². The molecule has 1 amide bonds. The number of hydrogen-bond donors (Lipinski definition) is 2. The maximum absolute atomic E-state index is 11.8. The van der Waals surface area contributed by atoms with Crippen LogP contribution in [0.1, 0.15) is 30.8 Å². The molecular formula is C13H15N3O2S3. The lowest BCUT2D eigenvalue weighted by atomic mass is 10.3. The first kappa shape index (κ1) is 14.8. The summed E-state index contributed by atoms with van der Waals surface area (Å²) >= 11 is 7.68. The predicted octanol–water partition coefficient (Wildman–Crippen LogP) is 3.33. The third-order valence-electron chi connectivity index (χ3n) is 3.36. The number of carbonyl (C=O) groups is 1. The normalized spacial score (nSPS) is 20.4. The molecule has 0 saturated heterocycles. The maximum Gasteiger partial charge on any atom is 0.230 e. The first-order valence-corrected chi connectivity index (χ1v) is 8.86. The van der Waals surface area contributed by atoms with Crippen molar-refractivity contribution in [2.75, 3.05) is 5.75 Å². The van der Waals surface area contributed by atoms with Gasteiger partial charge in [0.25, 0.3) is 0 Å². The number of carbonyl (C=O) groups excluding carboxylic acids is 1. The summed E-state index contributed by atoms with van der Waals surface area (Å²) in [4.78, 5) is 11.8. The highest BCUT2D eigenvalue weighted by Crippen LogP contribution is 2.47. The maximum atomic E-state index is 11.8. The van der Waals surface area contributed by atoms with E-state index in [1.54, 1.807) is 0 Å². The average molecular weight is 341 g/mol. The highest BCUT2D eigenvalue weighted by molar-refractivity contribution is 8.01. The van der Waals surface area contributed by atoms with Crippen LogP contribution in [-0.2, 0) is 11.3 Å². The monoisotopic (exact) mass is 341 g/mol. The van der Waals surface area contributed by atoms with Crippen LogP contribution >= 0.6 is 35.3 Å². The molecule has 5 nitrogen and oxygen atoms in total. The molecule has 2 aromatic heterocycles. The average Bonchev–Trinajstić information content (AvgIpc) is 2.89. The van der Waals surface area contributed by atoms with Crippen molar-refractivity contribution in [1.29, 1.82) is 0 Å². The van der Waals surface area contributed by atoms with Crippen molar-refractivity contribution >= 4 is 41.2 Å². The van der Waals surface area contributed by atoms with E-state index in [-0.39, 0.29) is 5.91 Å². The zero-order chi connectivity index (χ0) is 14.8.